The molecule has 0 fully saturated rings. The molecule has 0 spiro atoms. The Bertz CT molecular complexity index is 753. The van der Waals surface area contributed by atoms with Gasteiger partial charge in [0.05, 0.1) is 0 Å². The second-order valence-corrected chi connectivity index (χ2v) is 7.67. The van der Waals surface area contributed by atoms with Gasteiger partial charge in [0, 0.05) is 9.50 Å². The minimum absolute atomic E-state index is 0.398. The highest BCUT2D eigenvalue weighted by Gasteiger charge is 2.20. The largest absolute Gasteiger partial charge is 0.0643 e. The molecule has 0 saturated heterocycles. The number of rotatable bonds is 2. The van der Waals surface area contributed by atoms with Gasteiger partial charge in [0.2, 0.25) is 0 Å². The first-order chi connectivity index (χ1) is 10.4. The molecule has 1 aliphatic rings. The Hall–Kier alpha value is -1.35. The highest BCUT2D eigenvalue weighted by molar-refractivity contribution is 14.1. The van der Waals surface area contributed by atoms with Crippen LogP contribution in [-0.4, -0.2) is 0 Å². The molecule has 0 N–H and O–H groups in total. The minimum atomic E-state index is 0.398. The van der Waals surface area contributed by atoms with Crippen molar-refractivity contribution in [3.8, 4) is 0 Å². The van der Waals surface area contributed by atoms with Crippen LogP contribution in [0.1, 0.15) is 39.3 Å². The summed E-state index contributed by atoms with van der Waals surface area (Å²) in [4.78, 5) is 0. The first-order valence-corrected chi connectivity index (χ1v) is 8.76. The molecule has 0 bridgehead atoms. The molecule has 112 valence electrons. The number of benzene rings is 2. The molecule has 2 aromatic rings. The summed E-state index contributed by atoms with van der Waals surface area (Å²) in [6.45, 7) is 8.69. The van der Waals surface area contributed by atoms with Crippen LogP contribution in [0.3, 0.4) is 0 Å². The van der Waals surface area contributed by atoms with Gasteiger partial charge >= 0.3 is 0 Å². The van der Waals surface area contributed by atoms with Crippen molar-refractivity contribution < 1.29 is 0 Å². The lowest BCUT2D eigenvalue weighted by atomic mass is 9.95. The smallest absolute Gasteiger partial charge is 0.0336 e. The van der Waals surface area contributed by atoms with E-state index in [-0.39, 0.29) is 0 Å². The van der Waals surface area contributed by atoms with Gasteiger partial charge < -0.3 is 0 Å². The monoisotopic (exact) mass is 400 g/mol. The molecule has 1 heteroatoms. The molecule has 22 heavy (non-hydrogen) atoms. The molecule has 0 amide bonds. The molecule has 0 heterocycles. The van der Waals surface area contributed by atoms with Gasteiger partial charge in [0.25, 0.3) is 0 Å². The van der Waals surface area contributed by atoms with E-state index >= 15 is 0 Å². The second-order valence-electron chi connectivity index (χ2n) is 6.43. The maximum Gasteiger partial charge on any atom is 0.0336 e. The Labute approximate surface area is 147 Å². The molecule has 1 aliphatic carbocycles. The van der Waals surface area contributed by atoms with Crippen molar-refractivity contribution in [1.29, 1.82) is 0 Å². The van der Waals surface area contributed by atoms with E-state index in [2.05, 4.69) is 98.8 Å². The summed E-state index contributed by atoms with van der Waals surface area (Å²) in [5.41, 5.74) is 9.42. The van der Waals surface area contributed by atoms with Crippen LogP contribution in [-0.2, 0) is 0 Å². The van der Waals surface area contributed by atoms with Crippen molar-refractivity contribution in [2.75, 3.05) is 0 Å². The van der Waals surface area contributed by atoms with E-state index in [4.69, 9.17) is 0 Å². The number of aryl methyl sites for hydroxylation is 4. The van der Waals surface area contributed by atoms with Crippen molar-refractivity contribution in [1.82, 2.24) is 0 Å². The fourth-order valence-corrected chi connectivity index (χ4v) is 4.19. The zero-order valence-electron chi connectivity index (χ0n) is 13.6. The minimum Gasteiger partial charge on any atom is -0.0643 e. The first-order valence-electron chi connectivity index (χ1n) is 7.68. The Balaban J connectivity index is 2.02. The molecule has 2 aromatic carbocycles. The van der Waals surface area contributed by atoms with Crippen molar-refractivity contribution in [2.45, 2.75) is 33.6 Å². The Morgan fingerprint density at radius 2 is 1.23 bits per heavy atom. The average Bonchev–Trinajstić information content (AvgIpc) is 2.78. The van der Waals surface area contributed by atoms with E-state index in [9.17, 15) is 0 Å². The fraction of sp³-hybridized carbons (Fsp3) is 0.238. The molecule has 0 saturated carbocycles. The van der Waals surface area contributed by atoms with Crippen LogP contribution < -0.4 is 0 Å². The Kier molecular flexibility index (Phi) is 4.26. The van der Waals surface area contributed by atoms with Crippen LogP contribution in [0.25, 0.3) is 5.57 Å². The molecule has 0 aromatic heterocycles. The zero-order chi connectivity index (χ0) is 15.9. The molecule has 0 nitrogen and oxygen atoms in total. The van der Waals surface area contributed by atoms with Gasteiger partial charge in [-0.1, -0.05) is 64.7 Å². The van der Waals surface area contributed by atoms with Crippen LogP contribution in [0.2, 0.25) is 0 Å². The van der Waals surface area contributed by atoms with Gasteiger partial charge in [0.15, 0.2) is 0 Å². The van der Waals surface area contributed by atoms with E-state index in [0.29, 0.717) is 5.92 Å². The van der Waals surface area contributed by atoms with Crippen LogP contribution in [0.15, 0.2) is 52.1 Å². The molecular formula is C21H21I. The van der Waals surface area contributed by atoms with Crippen LogP contribution >= 0.6 is 22.6 Å². The third kappa shape index (κ3) is 3.19. The lowest BCUT2D eigenvalue weighted by Gasteiger charge is -2.11. The van der Waals surface area contributed by atoms with E-state index in [1.54, 1.807) is 0 Å². The lowest BCUT2D eigenvalue weighted by molar-refractivity contribution is 1.08. The molecule has 3 rings (SSSR count). The highest BCUT2D eigenvalue weighted by atomic mass is 127. The molecule has 0 radical (unpaired) electrons. The molecule has 1 unspecified atom stereocenters. The lowest BCUT2D eigenvalue weighted by Crippen LogP contribution is -1.94. The summed E-state index contributed by atoms with van der Waals surface area (Å²) in [7, 11) is 0. The van der Waals surface area contributed by atoms with E-state index < -0.39 is 0 Å². The number of hydrogen-bond acceptors (Lipinski definition) is 0. The van der Waals surface area contributed by atoms with Crippen LogP contribution in [0, 0.1) is 27.7 Å². The van der Waals surface area contributed by atoms with Crippen molar-refractivity contribution in [3.05, 3.63) is 85.5 Å². The van der Waals surface area contributed by atoms with Gasteiger partial charge in [-0.2, -0.15) is 0 Å². The van der Waals surface area contributed by atoms with Gasteiger partial charge in [0.1, 0.15) is 0 Å². The summed E-state index contributed by atoms with van der Waals surface area (Å²) in [6.07, 6.45) is 4.74. The summed E-state index contributed by atoms with van der Waals surface area (Å²) in [5.74, 6) is 0.398. The first kappa shape index (κ1) is 15.5. The van der Waals surface area contributed by atoms with Gasteiger partial charge in [-0.15, -0.1) is 0 Å². The number of allylic oxidation sites excluding steroid dienone is 4. The Morgan fingerprint density at radius 3 is 1.77 bits per heavy atom. The summed E-state index contributed by atoms with van der Waals surface area (Å²) in [6, 6.07) is 13.7. The molecule has 1 atom stereocenters. The van der Waals surface area contributed by atoms with E-state index in [1.165, 1.54) is 42.5 Å². The van der Waals surface area contributed by atoms with Crippen molar-refractivity contribution >= 4 is 28.2 Å². The van der Waals surface area contributed by atoms with Crippen LogP contribution in [0.5, 0.6) is 0 Å². The SMILES string of the molecule is Cc1cc(C)cc(C2=CC(c3cc(C)cc(C)c3)C(I)=C2)c1. The van der Waals surface area contributed by atoms with Crippen LogP contribution in [0.4, 0.5) is 0 Å². The predicted molar refractivity (Wildman–Crippen MR) is 105 cm³/mol. The number of hydrogen-bond donors (Lipinski definition) is 0. The maximum atomic E-state index is 2.49. The van der Waals surface area contributed by atoms with Crippen molar-refractivity contribution in [3.63, 3.8) is 0 Å². The predicted octanol–water partition coefficient (Wildman–Crippen LogP) is 6.42. The topological polar surface area (TPSA) is 0 Å². The summed E-state index contributed by atoms with van der Waals surface area (Å²) in [5, 5.41) is 0. The fourth-order valence-electron chi connectivity index (χ4n) is 3.31. The summed E-state index contributed by atoms with van der Waals surface area (Å²) < 4.78 is 1.40. The summed E-state index contributed by atoms with van der Waals surface area (Å²) >= 11 is 2.49. The van der Waals surface area contributed by atoms with Gasteiger partial charge in [-0.3, -0.25) is 0 Å². The maximum absolute atomic E-state index is 2.49. The highest BCUT2D eigenvalue weighted by Crippen LogP contribution is 2.41. The van der Waals surface area contributed by atoms with Crippen molar-refractivity contribution in [2.24, 2.45) is 0 Å². The molecule has 0 aliphatic heterocycles. The van der Waals surface area contributed by atoms with Gasteiger partial charge in [-0.05, 0) is 73.1 Å². The second kappa shape index (κ2) is 6.04. The Morgan fingerprint density at radius 1 is 0.727 bits per heavy atom. The normalized spacial score (nSPS) is 17.4. The van der Waals surface area contributed by atoms with E-state index in [1.807, 2.05) is 0 Å². The zero-order valence-corrected chi connectivity index (χ0v) is 15.7. The van der Waals surface area contributed by atoms with E-state index in [0.717, 1.165) is 0 Å². The molecular weight excluding hydrogens is 379 g/mol. The van der Waals surface area contributed by atoms with Gasteiger partial charge in [-0.25, -0.2) is 0 Å². The third-order valence-electron chi connectivity index (χ3n) is 4.09. The standard InChI is InChI=1S/C21H21I/c1-13-5-14(2)8-17(7-13)18-11-20(21(22)12-18)19-9-15(3)6-16(4)10-19/h5-12,20H,1-4H3. The number of halogens is 1. The third-order valence-corrected chi connectivity index (χ3v) is 5.08. The average molecular weight is 400 g/mol. The quantitative estimate of drug-likeness (QED) is 0.511.